The molecule has 1 aromatic heterocycles. The van der Waals surface area contributed by atoms with E-state index in [0.717, 1.165) is 5.92 Å². The molecule has 0 N–H and O–H groups in total. The molecule has 17 heavy (non-hydrogen) atoms. The van der Waals surface area contributed by atoms with E-state index in [1.807, 2.05) is 12.4 Å². The topological polar surface area (TPSA) is 16.1 Å². The van der Waals surface area contributed by atoms with E-state index in [0.29, 0.717) is 5.41 Å². The second-order valence-corrected chi connectivity index (χ2v) is 6.04. The minimum Gasteiger partial charge on any atom is -0.306 e. The molecular formula is C15H22N2. The van der Waals surface area contributed by atoms with Crippen LogP contribution in [0.15, 0.2) is 24.5 Å². The molecule has 0 unspecified atom stereocenters. The Bertz CT molecular complexity index is 366. The molecule has 2 heterocycles. The van der Waals surface area contributed by atoms with E-state index in [1.54, 1.807) is 0 Å². The predicted molar refractivity (Wildman–Crippen MR) is 70.0 cm³/mol. The highest BCUT2D eigenvalue weighted by Crippen LogP contribution is 2.47. The fourth-order valence-corrected chi connectivity index (χ4v) is 3.77. The molecule has 0 atom stereocenters. The van der Waals surface area contributed by atoms with Gasteiger partial charge in [0.05, 0.1) is 0 Å². The zero-order valence-corrected chi connectivity index (χ0v) is 10.7. The van der Waals surface area contributed by atoms with Gasteiger partial charge in [-0.05, 0) is 74.7 Å². The molecule has 0 radical (unpaired) electrons. The molecule has 1 aromatic rings. The van der Waals surface area contributed by atoms with Gasteiger partial charge in [0.1, 0.15) is 0 Å². The molecule has 3 rings (SSSR count). The fraction of sp³-hybridized carbons (Fsp3) is 0.667. The van der Waals surface area contributed by atoms with Crippen molar-refractivity contribution in [1.82, 2.24) is 9.88 Å². The smallest absolute Gasteiger partial charge is 0.0270 e. The standard InChI is InChI=1S/C15H22N2/c1-17-11-8-15(12-17)6-2-13(3-7-15)14-4-9-16-10-5-14/h4-5,9-10,13H,2-3,6-8,11-12H2,1H3. The lowest BCUT2D eigenvalue weighted by Gasteiger charge is -2.37. The van der Waals surface area contributed by atoms with Crippen molar-refractivity contribution in [3.63, 3.8) is 0 Å². The maximum atomic E-state index is 4.11. The summed E-state index contributed by atoms with van der Waals surface area (Å²) in [7, 11) is 2.27. The molecule has 1 saturated carbocycles. The zero-order valence-electron chi connectivity index (χ0n) is 10.7. The Hall–Kier alpha value is -0.890. The molecule has 92 valence electrons. The van der Waals surface area contributed by atoms with Crippen LogP contribution in [0.25, 0.3) is 0 Å². The Morgan fingerprint density at radius 1 is 1.18 bits per heavy atom. The summed E-state index contributed by atoms with van der Waals surface area (Å²) in [6.07, 6.45) is 10.9. The summed E-state index contributed by atoms with van der Waals surface area (Å²) in [5, 5.41) is 0. The fourth-order valence-electron chi connectivity index (χ4n) is 3.77. The molecule has 1 saturated heterocycles. The van der Waals surface area contributed by atoms with Crippen molar-refractivity contribution in [3.8, 4) is 0 Å². The van der Waals surface area contributed by atoms with Gasteiger partial charge in [-0.25, -0.2) is 0 Å². The van der Waals surface area contributed by atoms with E-state index in [1.165, 1.54) is 50.8 Å². The third kappa shape index (κ3) is 2.23. The second-order valence-electron chi connectivity index (χ2n) is 6.04. The number of likely N-dealkylation sites (tertiary alicyclic amines) is 1. The first-order chi connectivity index (χ1) is 8.27. The van der Waals surface area contributed by atoms with Gasteiger partial charge < -0.3 is 4.90 Å². The van der Waals surface area contributed by atoms with Crippen LogP contribution < -0.4 is 0 Å². The number of hydrogen-bond acceptors (Lipinski definition) is 2. The molecule has 0 aromatic carbocycles. The van der Waals surface area contributed by atoms with E-state index in [9.17, 15) is 0 Å². The highest BCUT2D eigenvalue weighted by Gasteiger charge is 2.39. The monoisotopic (exact) mass is 230 g/mol. The number of rotatable bonds is 1. The minimum absolute atomic E-state index is 0.665. The SMILES string of the molecule is CN1CCC2(CCC(c3ccncc3)CC2)C1. The maximum Gasteiger partial charge on any atom is 0.0270 e. The largest absolute Gasteiger partial charge is 0.306 e. The molecule has 2 nitrogen and oxygen atoms in total. The minimum atomic E-state index is 0.665. The Labute approximate surface area is 104 Å². The van der Waals surface area contributed by atoms with Gasteiger partial charge in [0, 0.05) is 18.9 Å². The van der Waals surface area contributed by atoms with E-state index < -0.39 is 0 Å². The Morgan fingerprint density at radius 2 is 1.88 bits per heavy atom. The number of nitrogens with zero attached hydrogens (tertiary/aromatic N) is 2. The molecule has 2 heteroatoms. The van der Waals surface area contributed by atoms with Gasteiger partial charge in [0.25, 0.3) is 0 Å². The second kappa shape index (κ2) is 4.41. The lowest BCUT2D eigenvalue weighted by molar-refractivity contribution is 0.181. The van der Waals surface area contributed by atoms with Gasteiger partial charge in [-0.3, -0.25) is 4.98 Å². The van der Waals surface area contributed by atoms with Gasteiger partial charge in [0.2, 0.25) is 0 Å². The highest BCUT2D eigenvalue weighted by molar-refractivity contribution is 5.17. The first-order valence-electron chi connectivity index (χ1n) is 6.86. The van der Waals surface area contributed by atoms with Crippen LogP contribution in [0.3, 0.4) is 0 Å². The van der Waals surface area contributed by atoms with Crippen LogP contribution in [0.5, 0.6) is 0 Å². The van der Waals surface area contributed by atoms with Crippen molar-refractivity contribution in [2.75, 3.05) is 20.1 Å². The van der Waals surface area contributed by atoms with E-state index in [2.05, 4.69) is 29.1 Å². The Morgan fingerprint density at radius 3 is 2.47 bits per heavy atom. The Kier molecular flexibility index (Phi) is 2.91. The lowest BCUT2D eigenvalue weighted by atomic mass is 9.68. The third-order valence-electron chi connectivity index (χ3n) is 4.85. The van der Waals surface area contributed by atoms with Crippen molar-refractivity contribution in [2.45, 2.75) is 38.0 Å². The molecule has 0 amide bonds. The van der Waals surface area contributed by atoms with Crippen LogP contribution in [0.2, 0.25) is 0 Å². The molecule has 0 bridgehead atoms. The molecule has 1 aliphatic heterocycles. The molecule has 1 spiro atoms. The van der Waals surface area contributed by atoms with Crippen molar-refractivity contribution < 1.29 is 0 Å². The lowest BCUT2D eigenvalue weighted by Crippen LogP contribution is -2.29. The van der Waals surface area contributed by atoms with Crippen LogP contribution in [0, 0.1) is 5.41 Å². The van der Waals surface area contributed by atoms with Crippen LogP contribution in [0.1, 0.15) is 43.6 Å². The van der Waals surface area contributed by atoms with Crippen LogP contribution in [-0.4, -0.2) is 30.0 Å². The van der Waals surface area contributed by atoms with Gasteiger partial charge >= 0.3 is 0 Å². The van der Waals surface area contributed by atoms with Crippen molar-refractivity contribution in [3.05, 3.63) is 30.1 Å². The zero-order chi connectivity index (χ0) is 11.7. The molecular weight excluding hydrogens is 208 g/mol. The third-order valence-corrected chi connectivity index (χ3v) is 4.85. The maximum absolute atomic E-state index is 4.11. The van der Waals surface area contributed by atoms with Crippen LogP contribution in [0.4, 0.5) is 0 Å². The molecule has 2 fully saturated rings. The van der Waals surface area contributed by atoms with Gasteiger partial charge in [-0.1, -0.05) is 0 Å². The van der Waals surface area contributed by atoms with Crippen molar-refractivity contribution in [2.24, 2.45) is 5.41 Å². The number of hydrogen-bond donors (Lipinski definition) is 0. The van der Waals surface area contributed by atoms with Crippen molar-refractivity contribution >= 4 is 0 Å². The summed E-state index contributed by atoms with van der Waals surface area (Å²) < 4.78 is 0. The molecule has 1 aliphatic carbocycles. The first kappa shape index (κ1) is 11.2. The molecule has 2 aliphatic rings. The average Bonchev–Trinajstić information content (AvgIpc) is 2.73. The first-order valence-corrected chi connectivity index (χ1v) is 6.86. The average molecular weight is 230 g/mol. The normalized spacial score (nSPS) is 34.3. The van der Waals surface area contributed by atoms with E-state index in [4.69, 9.17) is 0 Å². The summed E-state index contributed by atoms with van der Waals surface area (Å²) in [6.45, 7) is 2.63. The summed E-state index contributed by atoms with van der Waals surface area (Å²) >= 11 is 0. The summed E-state index contributed by atoms with van der Waals surface area (Å²) in [5.74, 6) is 0.787. The highest BCUT2D eigenvalue weighted by atomic mass is 15.1. The number of pyridine rings is 1. The van der Waals surface area contributed by atoms with E-state index in [-0.39, 0.29) is 0 Å². The van der Waals surface area contributed by atoms with Gasteiger partial charge in [-0.15, -0.1) is 0 Å². The van der Waals surface area contributed by atoms with Gasteiger partial charge in [0.15, 0.2) is 0 Å². The summed E-state index contributed by atoms with van der Waals surface area (Å²) in [4.78, 5) is 6.62. The van der Waals surface area contributed by atoms with Crippen LogP contribution in [-0.2, 0) is 0 Å². The summed E-state index contributed by atoms with van der Waals surface area (Å²) in [6, 6.07) is 4.40. The van der Waals surface area contributed by atoms with Crippen molar-refractivity contribution in [1.29, 1.82) is 0 Å². The predicted octanol–water partition coefficient (Wildman–Crippen LogP) is 3.06. The summed E-state index contributed by atoms with van der Waals surface area (Å²) in [5.41, 5.74) is 2.17. The number of aromatic nitrogens is 1. The van der Waals surface area contributed by atoms with E-state index >= 15 is 0 Å². The van der Waals surface area contributed by atoms with Crippen LogP contribution >= 0.6 is 0 Å². The Balaban J connectivity index is 1.65. The quantitative estimate of drug-likeness (QED) is 0.737. The van der Waals surface area contributed by atoms with Gasteiger partial charge in [-0.2, -0.15) is 0 Å².